The van der Waals surface area contributed by atoms with E-state index in [1.807, 2.05) is 22.6 Å². The van der Waals surface area contributed by atoms with Crippen molar-refractivity contribution in [1.82, 2.24) is 14.3 Å². The number of rotatable bonds is 4. The molecule has 0 aliphatic heterocycles. The first-order chi connectivity index (χ1) is 12.3. The van der Waals surface area contributed by atoms with Gasteiger partial charge >= 0.3 is 0 Å². The van der Waals surface area contributed by atoms with Crippen LogP contribution in [0.5, 0.6) is 0 Å². The van der Waals surface area contributed by atoms with E-state index in [0.29, 0.717) is 20.0 Å². The summed E-state index contributed by atoms with van der Waals surface area (Å²) in [4.78, 5) is 16.7. The monoisotopic (exact) mass is 501 g/mol. The minimum Gasteiger partial charge on any atom is -0.333 e. The molecule has 0 radical (unpaired) electrons. The number of halogens is 2. The van der Waals surface area contributed by atoms with Gasteiger partial charge in [-0.15, -0.1) is 0 Å². The quantitative estimate of drug-likeness (QED) is 0.555. The van der Waals surface area contributed by atoms with E-state index in [9.17, 15) is 13.2 Å². The highest BCUT2D eigenvalue weighted by atomic mass is 127. The number of aryl methyl sites for hydroxylation is 1. The number of carbonyl (C=O) groups is 1. The second-order valence-corrected chi connectivity index (χ2v) is 8.63. The number of carbonyl (C=O) groups excluding carboxylic acids is 1. The van der Waals surface area contributed by atoms with Crippen LogP contribution < -0.4 is 4.72 Å². The number of nitrogens with one attached hydrogen (secondary N) is 1. The summed E-state index contributed by atoms with van der Waals surface area (Å²) >= 11 is 8.08. The van der Waals surface area contributed by atoms with E-state index < -0.39 is 15.9 Å². The molecule has 0 spiro atoms. The van der Waals surface area contributed by atoms with Gasteiger partial charge in [0.15, 0.2) is 0 Å². The van der Waals surface area contributed by atoms with Crippen molar-refractivity contribution in [3.63, 3.8) is 0 Å². The number of amides is 1. The largest absolute Gasteiger partial charge is 0.333 e. The third-order valence-corrected chi connectivity index (χ3v) is 6.60. The lowest BCUT2D eigenvalue weighted by Crippen LogP contribution is -2.31. The Kier molecular flexibility index (Phi) is 5.35. The lowest BCUT2D eigenvalue weighted by Gasteiger charge is -2.07. The molecule has 0 bridgehead atoms. The van der Waals surface area contributed by atoms with Gasteiger partial charge in [-0.1, -0.05) is 35.9 Å². The van der Waals surface area contributed by atoms with Gasteiger partial charge in [0, 0.05) is 22.4 Å². The molecule has 0 saturated carbocycles. The molecular weight excluding hydrogens is 489 g/mol. The zero-order chi connectivity index (χ0) is 18.9. The van der Waals surface area contributed by atoms with E-state index in [1.165, 1.54) is 12.3 Å². The standard InChI is InChI=1S/C17H13ClIN3O3S/c1-22-10-14(20-16(22)11-6-2-3-7-12(11)18)17(23)21-26(24,25)15-9-5-4-8-13(15)19/h2-10H,1H3,(H,21,23). The Bertz CT molecular complexity index is 1100. The molecule has 1 N–H and O–H groups in total. The van der Waals surface area contributed by atoms with Crippen LogP contribution in [0.25, 0.3) is 11.4 Å². The van der Waals surface area contributed by atoms with Crippen LogP contribution in [0, 0.1) is 3.57 Å². The van der Waals surface area contributed by atoms with Crippen LogP contribution in [-0.4, -0.2) is 23.9 Å². The third kappa shape index (κ3) is 3.76. The second kappa shape index (κ2) is 7.37. The maximum Gasteiger partial charge on any atom is 0.285 e. The minimum absolute atomic E-state index is 0.0167. The first-order valence-corrected chi connectivity index (χ1v) is 10.3. The lowest BCUT2D eigenvalue weighted by molar-refractivity contribution is 0.0977. The molecule has 6 nitrogen and oxygen atoms in total. The summed E-state index contributed by atoms with van der Waals surface area (Å²) in [5.41, 5.74) is 0.633. The van der Waals surface area contributed by atoms with Gasteiger partial charge in [-0.05, 0) is 46.9 Å². The van der Waals surface area contributed by atoms with Crippen molar-refractivity contribution in [1.29, 1.82) is 0 Å². The van der Waals surface area contributed by atoms with Gasteiger partial charge in [-0.25, -0.2) is 18.1 Å². The van der Waals surface area contributed by atoms with Crippen LogP contribution in [0.1, 0.15) is 10.5 Å². The zero-order valence-electron chi connectivity index (χ0n) is 13.5. The van der Waals surface area contributed by atoms with Crippen molar-refractivity contribution in [3.05, 3.63) is 69.0 Å². The van der Waals surface area contributed by atoms with Crippen LogP contribution in [0.4, 0.5) is 0 Å². The predicted octanol–water partition coefficient (Wildman–Crippen LogP) is 3.46. The Labute approximate surface area is 169 Å². The van der Waals surface area contributed by atoms with E-state index in [4.69, 9.17) is 11.6 Å². The van der Waals surface area contributed by atoms with E-state index in [0.717, 1.165) is 0 Å². The lowest BCUT2D eigenvalue weighted by atomic mass is 10.2. The summed E-state index contributed by atoms with van der Waals surface area (Å²) in [5.74, 6) is -0.342. The predicted molar refractivity (Wildman–Crippen MR) is 107 cm³/mol. The summed E-state index contributed by atoms with van der Waals surface area (Å²) in [6.45, 7) is 0. The Hall–Kier alpha value is -1.91. The Morgan fingerprint density at radius 2 is 1.81 bits per heavy atom. The van der Waals surface area contributed by atoms with Crippen molar-refractivity contribution in [2.75, 3.05) is 0 Å². The number of hydrogen-bond donors (Lipinski definition) is 1. The van der Waals surface area contributed by atoms with E-state index in [-0.39, 0.29) is 10.6 Å². The molecule has 3 aromatic rings. The van der Waals surface area contributed by atoms with Crippen molar-refractivity contribution in [3.8, 4) is 11.4 Å². The van der Waals surface area contributed by atoms with Gasteiger partial charge in [0.25, 0.3) is 15.9 Å². The number of imidazole rings is 1. The number of aromatic nitrogens is 2. The fourth-order valence-corrected chi connectivity index (χ4v) is 4.88. The number of benzene rings is 2. The van der Waals surface area contributed by atoms with Crippen LogP contribution in [0.2, 0.25) is 5.02 Å². The Morgan fingerprint density at radius 1 is 1.15 bits per heavy atom. The summed E-state index contributed by atoms with van der Waals surface area (Å²) in [6.07, 6.45) is 1.46. The number of nitrogens with zero attached hydrogens (tertiary/aromatic N) is 2. The maximum absolute atomic E-state index is 12.5. The van der Waals surface area contributed by atoms with Gasteiger partial charge in [-0.2, -0.15) is 0 Å². The highest BCUT2D eigenvalue weighted by Gasteiger charge is 2.23. The molecule has 2 aromatic carbocycles. The maximum atomic E-state index is 12.5. The van der Waals surface area contributed by atoms with E-state index >= 15 is 0 Å². The van der Waals surface area contributed by atoms with E-state index in [2.05, 4.69) is 9.71 Å². The summed E-state index contributed by atoms with van der Waals surface area (Å²) in [6, 6.07) is 13.5. The van der Waals surface area contributed by atoms with Crippen LogP contribution in [0.3, 0.4) is 0 Å². The van der Waals surface area contributed by atoms with Gasteiger partial charge in [-0.3, -0.25) is 4.79 Å². The molecule has 0 aliphatic rings. The molecule has 1 heterocycles. The smallest absolute Gasteiger partial charge is 0.285 e. The van der Waals surface area contributed by atoms with E-state index in [1.54, 1.807) is 54.1 Å². The molecule has 0 saturated heterocycles. The molecule has 26 heavy (non-hydrogen) atoms. The summed E-state index contributed by atoms with van der Waals surface area (Å²) < 4.78 is 29.1. The second-order valence-electron chi connectivity index (χ2n) is 5.41. The van der Waals surface area contributed by atoms with Crippen LogP contribution in [0.15, 0.2) is 59.6 Å². The first kappa shape index (κ1) is 18.9. The minimum atomic E-state index is -4.00. The highest BCUT2D eigenvalue weighted by Crippen LogP contribution is 2.26. The molecular formula is C17H13ClIN3O3S. The number of sulfonamides is 1. The molecule has 1 aromatic heterocycles. The third-order valence-electron chi connectivity index (χ3n) is 3.58. The van der Waals surface area contributed by atoms with Gasteiger partial charge in [0.05, 0.1) is 5.02 Å². The fourth-order valence-electron chi connectivity index (χ4n) is 2.36. The van der Waals surface area contributed by atoms with Crippen molar-refractivity contribution >= 4 is 50.1 Å². The molecule has 0 unspecified atom stereocenters. The van der Waals surface area contributed by atoms with Crippen molar-refractivity contribution in [2.24, 2.45) is 7.05 Å². The van der Waals surface area contributed by atoms with Gasteiger partial charge < -0.3 is 4.57 Å². The molecule has 0 fully saturated rings. The van der Waals surface area contributed by atoms with Gasteiger partial charge in [0.2, 0.25) is 0 Å². The summed E-state index contributed by atoms with van der Waals surface area (Å²) in [7, 11) is -2.29. The van der Waals surface area contributed by atoms with Gasteiger partial charge in [0.1, 0.15) is 16.4 Å². The van der Waals surface area contributed by atoms with Crippen LogP contribution in [-0.2, 0) is 17.1 Å². The normalized spacial score (nSPS) is 11.3. The van der Waals surface area contributed by atoms with Crippen molar-refractivity contribution < 1.29 is 13.2 Å². The fraction of sp³-hybridized carbons (Fsp3) is 0.0588. The average molecular weight is 502 g/mol. The zero-order valence-corrected chi connectivity index (χ0v) is 17.2. The summed E-state index contributed by atoms with van der Waals surface area (Å²) in [5, 5.41) is 0.486. The molecule has 0 atom stereocenters. The molecule has 1 amide bonds. The Morgan fingerprint density at radius 3 is 2.50 bits per heavy atom. The number of hydrogen-bond acceptors (Lipinski definition) is 4. The highest BCUT2D eigenvalue weighted by molar-refractivity contribution is 14.1. The SMILES string of the molecule is Cn1cc(C(=O)NS(=O)(=O)c2ccccc2I)nc1-c1ccccc1Cl. The molecule has 9 heteroatoms. The van der Waals surface area contributed by atoms with Crippen LogP contribution >= 0.6 is 34.2 Å². The topological polar surface area (TPSA) is 81.1 Å². The molecule has 0 aliphatic carbocycles. The first-order valence-electron chi connectivity index (χ1n) is 7.39. The molecule has 134 valence electrons. The Balaban J connectivity index is 1.91. The molecule has 3 rings (SSSR count). The van der Waals surface area contributed by atoms with Crippen molar-refractivity contribution in [2.45, 2.75) is 4.90 Å². The average Bonchev–Trinajstić information content (AvgIpc) is 2.97.